The summed E-state index contributed by atoms with van der Waals surface area (Å²) in [5.41, 5.74) is 5.98. The Balaban J connectivity index is 1.51. The number of nitrogens with zero attached hydrogens (tertiary/aromatic N) is 1. The number of hydrogen-bond donors (Lipinski definition) is 0. The Morgan fingerprint density at radius 2 is 2.03 bits per heavy atom. The van der Waals surface area contributed by atoms with Crippen LogP contribution in [0.2, 0.25) is 0 Å². The molecule has 0 radical (unpaired) electrons. The average molecular weight is 526 g/mol. The minimum Gasteiger partial charge on any atom is -0.354 e. The fraction of sp³-hybridized carbons (Fsp3) is 0.448. The predicted octanol–water partition coefficient (Wildman–Crippen LogP) is 8.73. The summed E-state index contributed by atoms with van der Waals surface area (Å²) in [5, 5.41) is 0. The van der Waals surface area contributed by atoms with Crippen LogP contribution in [0, 0.1) is 17.8 Å². The SMILES string of the molecule is C=C(C)C1=C(CC(CCCn2cccc2)CC2=CC=CC3CCC=CC23)C=C(I)CC1. The van der Waals surface area contributed by atoms with Crippen LogP contribution >= 0.6 is 22.6 Å². The summed E-state index contributed by atoms with van der Waals surface area (Å²) >= 11 is 2.53. The van der Waals surface area contributed by atoms with Gasteiger partial charge in [0.1, 0.15) is 0 Å². The van der Waals surface area contributed by atoms with Crippen molar-refractivity contribution in [2.45, 2.75) is 64.8 Å². The van der Waals surface area contributed by atoms with Gasteiger partial charge in [0, 0.05) is 24.9 Å². The van der Waals surface area contributed by atoms with Crippen molar-refractivity contribution >= 4 is 22.6 Å². The normalized spacial score (nSPS) is 23.9. The van der Waals surface area contributed by atoms with Gasteiger partial charge in [0.15, 0.2) is 0 Å². The Morgan fingerprint density at radius 1 is 1.19 bits per heavy atom. The molecule has 31 heavy (non-hydrogen) atoms. The molecule has 0 aliphatic heterocycles. The molecule has 1 nitrogen and oxygen atoms in total. The topological polar surface area (TPSA) is 4.93 Å². The number of aromatic nitrogens is 1. The van der Waals surface area contributed by atoms with E-state index in [0.717, 1.165) is 13.0 Å². The van der Waals surface area contributed by atoms with E-state index in [1.54, 1.807) is 11.1 Å². The number of fused-ring (bicyclic) bond motifs is 1. The third kappa shape index (κ3) is 6.03. The Hall–Kier alpha value is -1.55. The summed E-state index contributed by atoms with van der Waals surface area (Å²) in [6, 6.07) is 4.26. The molecule has 3 aliphatic carbocycles. The van der Waals surface area contributed by atoms with E-state index >= 15 is 0 Å². The van der Waals surface area contributed by atoms with Crippen LogP contribution in [-0.4, -0.2) is 4.57 Å². The van der Waals surface area contributed by atoms with Crippen LogP contribution in [0.3, 0.4) is 0 Å². The molecule has 1 aromatic rings. The minimum absolute atomic E-state index is 0.627. The minimum atomic E-state index is 0.627. The van der Waals surface area contributed by atoms with Gasteiger partial charge in [-0.2, -0.15) is 0 Å². The molecule has 2 heteroatoms. The lowest BCUT2D eigenvalue weighted by molar-refractivity contribution is 0.399. The van der Waals surface area contributed by atoms with Gasteiger partial charge in [-0.25, -0.2) is 0 Å². The maximum Gasteiger partial charge on any atom is 0.0219 e. The fourth-order valence-electron chi connectivity index (χ4n) is 5.53. The molecular formula is C29H36IN. The molecule has 0 N–H and O–H groups in total. The van der Waals surface area contributed by atoms with Gasteiger partial charge in [0.2, 0.25) is 0 Å². The molecule has 0 saturated heterocycles. The fourth-order valence-corrected chi connectivity index (χ4v) is 6.18. The highest BCUT2D eigenvalue weighted by molar-refractivity contribution is 14.1. The first-order chi connectivity index (χ1) is 15.1. The Labute approximate surface area is 202 Å². The van der Waals surface area contributed by atoms with Crippen LogP contribution in [0.1, 0.15) is 58.3 Å². The van der Waals surface area contributed by atoms with Crippen molar-refractivity contribution in [1.29, 1.82) is 0 Å². The smallest absolute Gasteiger partial charge is 0.0219 e. The summed E-state index contributed by atoms with van der Waals surface area (Å²) in [4.78, 5) is 0. The highest BCUT2D eigenvalue weighted by atomic mass is 127. The van der Waals surface area contributed by atoms with E-state index in [4.69, 9.17) is 0 Å². The zero-order chi connectivity index (χ0) is 21.6. The maximum atomic E-state index is 4.30. The first-order valence-electron chi connectivity index (χ1n) is 12.0. The lowest BCUT2D eigenvalue weighted by Gasteiger charge is -2.32. The first-order valence-corrected chi connectivity index (χ1v) is 13.1. The quantitative estimate of drug-likeness (QED) is 0.224. The van der Waals surface area contributed by atoms with Crippen LogP contribution in [0.5, 0.6) is 0 Å². The van der Waals surface area contributed by atoms with Crippen LogP contribution in [0.15, 0.2) is 93.4 Å². The second-order valence-corrected chi connectivity index (χ2v) is 10.9. The van der Waals surface area contributed by atoms with Crippen molar-refractivity contribution in [1.82, 2.24) is 4.57 Å². The molecule has 0 bridgehead atoms. The standard InChI is InChI=1S/C29H36IN/c1-22(2)28-15-14-27(30)21-26(28)20-23(9-8-18-31-16-5-6-17-31)19-25-12-7-11-24-10-3-4-13-29(24)25/h4-7,11-13,16-17,21,23-24,29H,1,3,8-10,14-15,18-20H2,2H3. The number of halogens is 1. The molecule has 1 heterocycles. The van der Waals surface area contributed by atoms with E-state index in [2.05, 4.69) is 102 Å². The number of allylic oxidation sites excluding steroid dienone is 11. The summed E-state index contributed by atoms with van der Waals surface area (Å²) < 4.78 is 3.82. The summed E-state index contributed by atoms with van der Waals surface area (Å²) in [5.74, 6) is 2.03. The van der Waals surface area contributed by atoms with E-state index in [0.29, 0.717) is 17.8 Å². The maximum absolute atomic E-state index is 4.30. The van der Waals surface area contributed by atoms with Crippen LogP contribution in [0.25, 0.3) is 0 Å². The Morgan fingerprint density at radius 3 is 2.84 bits per heavy atom. The lowest BCUT2D eigenvalue weighted by atomic mass is 9.73. The first kappa shape index (κ1) is 22.6. The molecule has 0 fully saturated rings. The number of rotatable bonds is 9. The third-order valence-corrected chi connectivity index (χ3v) is 7.99. The Kier molecular flexibility index (Phi) is 7.92. The molecule has 3 aliphatic rings. The molecule has 4 rings (SSSR count). The van der Waals surface area contributed by atoms with Crippen molar-refractivity contribution in [3.8, 4) is 0 Å². The molecule has 0 aromatic carbocycles. The van der Waals surface area contributed by atoms with Gasteiger partial charge in [-0.3, -0.25) is 0 Å². The second-order valence-electron chi connectivity index (χ2n) is 9.53. The molecule has 0 amide bonds. The zero-order valence-corrected chi connectivity index (χ0v) is 21.1. The van der Waals surface area contributed by atoms with E-state index in [1.807, 2.05) is 0 Å². The predicted molar refractivity (Wildman–Crippen MR) is 142 cm³/mol. The van der Waals surface area contributed by atoms with Gasteiger partial charge in [-0.15, -0.1) is 0 Å². The molecular weight excluding hydrogens is 489 g/mol. The highest BCUT2D eigenvalue weighted by Gasteiger charge is 2.27. The van der Waals surface area contributed by atoms with Gasteiger partial charge in [0.25, 0.3) is 0 Å². The summed E-state index contributed by atoms with van der Waals surface area (Å²) in [6.07, 6.45) is 28.7. The largest absolute Gasteiger partial charge is 0.354 e. The van der Waals surface area contributed by atoms with E-state index < -0.39 is 0 Å². The van der Waals surface area contributed by atoms with Crippen molar-refractivity contribution < 1.29 is 0 Å². The van der Waals surface area contributed by atoms with Gasteiger partial charge in [-0.05, 0) is 126 Å². The van der Waals surface area contributed by atoms with Gasteiger partial charge in [0.05, 0.1) is 0 Å². The number of hydrogen-bond acceptors (Lipinski definition) is 0. The molecule has 1 aromatic heterocycles. The zero-order valence-electron chi connectivity index (χ0n) is 18.9. The van der Waals surface area contributed by atoms with Gasteiger partial charge >= 0.3 is 0 Å². The average Bonchev–Trinajstić information content (AvgIpc) is 3.27. The molecule has 0 spiro atoms. The molecule has 3 atom stereocenters. The number of aryl methyl sites for hydroxylation is 1. The van der Waals surface area contributed by atoms with Crippen LogP contribution < -0.4 is 0 Å². The third-order valence-electron chi connectivity index (χ3n) is 7.14. The van der Waals surface area contributed by atoms with Gasteiger partial charge < -0.3 is 4.57 Å². The van der Waals surface area contributed by atoms with Crippen molar-refractivity contribution in [2.24, 2.45) is 17.8 Å². The summed E-state index contributed by atoms with van der Waals surface area (Å²) in [7, 11) is 0. The Bertz CT molecular complexity index is 922. The van der Waals surface area contributed by atoms with E-state index in [9.17, 15) is 0 Å². The van der Waals surface area contributed by atoms with Crippen molar-refractivity contribution in [3.63, 3.8) is 0 Å². The molecule has 0 saturated carbocycles. The van der Waals surface area contributed by atoms with Crippen LogP contribution in [0.4, 0.5) is 0 Å². The van der Waals surface area contributed by atoms with Crippen molar-refractivity contribution in [3.05, 3.63) is 93.4 Å². The summed E-state index contributed by atoms with van der Waals surface area (Å²) in [6.45, 7) is 7.61. The van der Waals surface area contributed by atoms with E-state index in [1.165, 1.54) is 59.7 Å². The molecule has 164 valence electrons. The monoisotopic (exact) mass is 525 g/mol. The van der Waals surface area contributed by atoms with Crippen molar-refractivity contribution in [2.75, 3.05) is 0 Å². The lowest BCUT2D eigenvalue weighted by Crippen LogP contribution is -2.20. The van der Waals surface area contributed by atoms with Gasteiger partial charge in [-0.1, -0.05) is 48.1 Å². The van der Waals surface area contributed by atoms with Crippen LogP contribution in [-0.2, 0) is 6.54 Å². The van der Waals surface area contributed by atoms with E-state index in [-0.39, 0.29) is 0 Å². The molecule has 3 unspecified atom stereocenters. The second kappa shape index (κ2) is 10.8. The highest BCUT2D eigenvalue weighted by Crippen LogP contribution is 2.41.